The fourth-order valence-corrected chi connectivity index (χ4v) is 2.13. The van der Waals surface area contributed by atoms with E-state index < -0.39 is 5.82 Å². The van der Waals surface area contributed by atoms with Crippen LogP contribution in [-0.2, 0) is 0 Å². The average Bonchev–Trinajstić information content (AvgIpc) is 2.97. The third kappa shape index (κ3) is 1.95. The second kappa shape index (κ2) is 4.98. The van der Waals surface area contributed by atoms with E-state index in [0.717, 1.165) is 5.69 Å². The second-order valence-electron chi connectivity index (χ2n) is 4.24. The summed E-state index contributed by atoms with van der Waals surface area (Å²) in [6, 6.07) is 17.8. The Hall–Kier alpha value is -2.93. The largest absolute Gasteiger partial charge is 0.233 e. The lowest BCUT2D eigenvalue weighted by Gasteiger charge is -2.09. The zero-order valence-electron chi connectivity index (χ0n) is 10.5. The van der Waals surface area contributed by atoms with Gasteiger partial charge in [0.05, 0.1) is 23.1 Å². The summed E-state index contributed by atoms with van der Waals surface area (Å²) >= 11 is 0. The molecule has 2 aromatic carbocycles. The lowest BCUT2D eigenvalue weighted by atomic mass is 10.0. The van der Waals surface area contributed by atoms with Crippen molar-refractivity contribution in [1.82, 2.24) is 9.78 Å². The van der Waals surface area contributed by atoms with Crippen molar-refractivity contribution < 1.29 is 4.39 Å². The van der Waals surface area contributed by atoms with Gasteiger partial charge in [-0.05, 0) is 24.3 Å². The Kier molecular flexibility index (Phi) is 3.02. The van der Waals surface area contributed by atoms with E-state index in [0.29, 0.717) is 11.3 Å². The Morgan fingerprint density at radius 3 is 2.55 bits per heavy atom. The van der Waals surface area contributed by atoms with Crippen molar-refractivity contribution in [2.75, 3.05) is 0 Å². The number of halogens is 1. The maximum Gasteiger partial charge on any atom is 0.141 e. The summed E-state index contributed by atoms with van der Waals surface area (Å²) in [5.41, 5.74) is 2.12. The Morgan fingerprint density at radius 2 is 1.80 bits per heavy atom. The quantitative estimate of drug-likeness (QED) is 0.709. The highest BCUT2D eigenvalue weighted by Gasteiger charge is 2.14. The molecule has 0 fully saturated rings. The maximum atomic E-state index is 13.7. The molecule has 1 heterocycles. The molecule has 0 bridgehead atoms. The van der Waals surface area contributed by atoms with E-state index in [1.54, 1.807) is 29.1 Å². The lowest BCUT2D eigenvalue weighted by Crippen LogP contribution is -2.00. The smallest absolute Gasteiger partial charge is 0.141 e. The summed E-state index contributed by atoms with van der Waals surface area (Å²) in [5, 5.41) is 13.4. The summed E-state index contributed by atoms with van der Waals surface area (Å²) in [5.74, 6) is -0.522. The van der Waals surface area contributed by atoms with Gasteiger partial charge in [-0.1, -0.05) is 30.3 Å². The van der Waals surface area contributed by atoms with Crippen LogP contribution in [0.25, 0.3) is 16.9 Å². The molecule has 0 aliphatic rings. The standard InChI is InChI=1S/C16H10FN3/c17-15-8-4-7-13(14(15)11-18)16-9-10-19-20(16)12-5-2-1-3-6-12/h1-10H. The second-order valence-corrected chi connectivity index (χ2v) is 4.24. The van der Waals surface area contributed by atoms with E-state index in [4.69, 9.17) is 5.26 Å². The van der Waals surface area contributed by atoms with Crippen molar-refractivity contribution in [3.05, 3.63) is 72.2 Å². The number of benzene rings is 2. The molecule has 0 radical (unpaired) electrons. The predicted octanol–water partition coefficient (Wildman–Crippen LogP) is 3.55. The van der Waals surface area contributed by atoms with Crippen LogP contribution < -0.4 is 0 Å². The molecule has 0 saturated carbocycles. The van der Waals surface area contributed by atoms with Gasteiger partial charge in [-0.2, -0.15) is 10.4 Å². The first-order valence-corrected chi connectivity index (χ1v) is 6.09. The molecule has 0 saturated heterocycles. The van der Waals surface area contributed by atoms with Crippen LogP contribution in [0.4, 0.5) is 4.39 Å². The predicted molar refractivity (Wildman–Crippen MR) is 73.7 cm³/mol. The Bertz CT molecular complexity index is 785. The van der Waals surface area contributed by atoms with Crippen LogP contribution in [0.15, 0.2) is 60.8 Å². The van der Waals surface area contributed by atoms with E-state index in [2.05, 4.69) is 5.10 Å². The van der Waals surface area contributed by atoms with Gasteiger partial charge in [0, 0.05) is 5.56 Å². The molecule has 0 amide bonds. The van der Waals surface area contributed by atoms with Gasteiger partial charge in [-0.15, -0.1) is 0 Å². The fourth-order valence-electron chi connectivity index (χ4n) is 2.13. The summed E-state index contributed by atoms with van der Waals surface area (Å²) < 4.78 is 15.4. The molecule has 4 heteroatoms. The average molecular weight is 263 g/mol. The minimum Gasteiger partial charge on any atom is -0.233 e. The third-order valence-electron chi connectivity index (χ3n) is 3.04. The number of hydrogen-bond acceptors (Lipinski definition) is 2. The summed E-state index contributed by atoms with van der Waals surface area (Å²) in [6.45, 7) is 0. The van der Waals surface area contributed by atoms with Crippen LogP contribution in [0.2, 0.25) is 0 Å². The van der Waals surface area contributed by atoms with Gasteiger partial charge in [0.25, 0.3) is 0 Å². The Balaban J connectivity index is 2.22. The summed E-state index contributed by atoms with van der Waals surface area (Å²) in [7, 11) is 0. The SMILES string of the molecule is N#Cc1c(F)cccc1-c1ccnn1-c1ccccc1. The van der Waals surface area contributed by atoms with Crippen LogP contribution >= 0.6 is 0 Å². The fraction of sp³-hybridized carbons (Fsp3) is 0. The van der Waals surface area contributed by atoms with Crippen molar-refractivity contribution in [3.63, 3.8) is 0 Å². The molecule has 20 heavy (non-hydrogen) atoms. The van der Waals surface area contributed by atoms with Gasteiger partial charge < -0.3 is 0 Å². The van der Waals surface area contributed by atoms with E-state index in [9.17, 15) is 4.39 Å². The highest BCUT2D eigenvalue weighted by molar-refractivity contribution is 5.69. The number of nitrogens with zero attached hydrogens (tertiary/aromatic N) is 3. The first-order valence-electron chi connectivity index (χ1n) is 6.09. The van der Waals surface area contributed by atoms with Crippen LogP contribution in [0, 0.1) is 17.1 Å². The van der Waals surface area contributed by atoms with E-state index in [1.165, 1.54) is 6.07 Å². The maximum absolute atomic E-state index is 13.7. The topological polar surface area (TPSA) is 41.6 Å². The number of aromatic nitrogens is 2. The van der Waals surface area contributed by atoms with Crippen molar-refractivity contribution in [2.24, 2.45) is 0 Å². The zero-order valence-corrected chi connectivity index (χ0v) is 10.5. The van der Waals surface area contributed by atoms with Crippen molar-refractivity contribution >= 4 is 0 Å². The van der Waals surface area contributed by atoms with Crippen molar-refractivity contribution in [3.8, 4) is 23.0 Å². The Morgan fingerprint density at radius 1 is 1.00 bits per heavy atom. The first-order chi connectivity index (χ1) is 9.81. The normalized spacial score (nSPS) is 10.2. The van der Waals surface area contributed by atoms with E-state index >= 15 is 0 Å². The molecule has 0 unspecified atom stereocenters. The molecule has 0 aliphatic heterocycles. The van der Waals surface area contributed by atoms with Crippen LogP contribution in [0.1, 0.15) is 5.56 Å². The Labute approximate surface area is 115 Å². The number of hydrogen-bond donors (Lipinski definition) is 0. The monoisotopic (exact) mass is 263 g/mol. The highest BCUT2D eigenvalue weighted by atomic mass is 19.1. The number of rotatable bonds is 2. The molecule has 0 spiro atoms. The van der Waals surface area contributed by atoms with Crippen LogP contribution in [0.3, 0.4) is 0 Å². The van der Waals surface area contributed by atoms with Crippen LogP contribution in [-0.4, -0.2) is 9.78 Å². The molecular weight excluding hydrogens is 253 g/mol. The minimum atomic E-state index is -0.522. The summed E-state index contributed by atoms with van der Waals surface area (Å²) in [6.07, 6.45) is 1.63. The molecule has 0 aliphatic carbocycles. The van der Waals surface area contributed by atoms with Gasteiger partial charge in [0.2, 0.25) is 0 Å². The van der Waals surface area contributed by atoms with Crippen molar-refractivity contribution in [2.45, 2.75) is 0 Å². The molecule has 3 nitrogen and oxygen atoms in total. The molecule has 1 aromatic heterocycles. The molecule has 3 rings (SSSR count). The van der Waals surface area contributed by atoms with Gasteiger partial charge >= 0.3 is 0 Å². The highest BCUT2D eigenvalue weighted by Crippen LogP contribution is 2.26. The molecule has 3 aromatic rings. The zero-order chi connectivity index (χ0) is 13.9. The number of para-hydroxylation sites is 1. The first kappa shape index (κ1) is 12.1. The van der Waals surface area contributed by atoms with Gasteiger partial charge in [-0.25, -0.2) is 9.07 Å². The van der Waals surface area contributed by atoms with E-state index in [-0.39, 0.29) is 5.56 Å². The van der Waals surface area contributed by atoms with Gasteiger partial charge in [-0.3, -0.25) is 0 Å². The molecule has 0 N–H and O–H groups in total. The minimum absolute atomic E-state index is 0.0326. The molecule has 96 valence electrons. The molecule has 0 atom stereocenters. The van der Waals surface area contributed by atoms with Gasteiger partial charge in [0.15, 0.2) is 0 Å². The lowest BCUT2D eigenvalue weighted by molar-refractivity contribution is 0.624. The third-order valence-corrected chi connectivity index (χ3v) is 3.04. The van der Waals surface area contributed by atoms with Crippen molar-refractivity contribution in [1.29, 1.82) is 5.26 Å². The van der Waals surface area contributed by atoms with E-state index in [1.807, 2.05) is 36.4 Å². The van der Waals surface area contributed by atoms with Crippen LogP contribution in [0.5, 0.6) is 0 Å². The summed E-state index contributed by atoms with van der Waals surface area (Å²) in [4.78, 5) is 0. The van der Waals surface area contributed by atoms with Gasteiger partial charge in [0.1, 0.15) is 11.9 Å². The number of nitriles is 1. The molecular formula is C16H10FN3.